The summed E-state index contributed by atoms with van der Waals surface area (Å²) < 4.78 is 5.64. The molecule has 0 bridgehead atoms. The third-order valence-corrected chi connectivity index (χ3v) is 3.72. The molecule has 0 aliphatic rings. The monoisotopic (exact) mass is 279 g/mol. The Labute approximate surface area is 123 Å². The van der Waals surface area contributed by atoms with E-state index in [1.54, 1.807) is 0 Å². The predicted molar refractivity (Wildman–Crippen MR) is 83.6 cm³/mol. The van der Waals surface area contributed by atoms with Gasteiger partial charge in [-0.15, -0.1) is 0 Å². The van der Waals surface area contributed by atoms with E-state index in [4.69, 9.17) is 10.5 Å². The van der Waals surface area contributed by atoms with E-state index in [2.05, 4.69) is 6.92 Å². The van der Waals surface area contributed by atoms with Crippen molar-refractivity contribution in [2.24, 2.45) is 5.73 Å². The summed E-state index contributed by atoms with van der Waals surface area (Å²) in [6, 6.07) is 9.76. The summed E-state index contributed by atoms with van der Waals surface area (Å²) in [6.45, 7) is 3.55. The highest BCUT2D eigenvalue weighted by atomic mass is 16.5. The highest BCUT2D eigenvalue weighted by Gasteiger charge is 2.25. The molecule has 0 aliphatic carbocycles. The average molecular weight is 279 g/mol. The number of rotatable bonds is 11. The molecular weight excluding hydrogens is 250 g/mol. The minimum Gasteiger partial charge on any atom is -0.394 e. The van der Waals surface area contributed by atoms with Crippen molar-refractivity contribution in [1.82, 2.24) is 0 Å². The first-order valence-corrected chi connectivity index (χ1v) is 7.76. The lowest BCUT2D eigenvalue weighted by molar-refractivity contribution is 0.0917. The van der Waals surface area contributed by atoms with E-state index < -0.39 is 5.54 Å². The second-order valence-electron chi connectivity index (χ2n) is 5.46. The number of hydrogen-bond acceptors (Lipinski definition) is 3. The first-order valence-electron chi connectivity index (χ1n) is 7.76. The minimum atomic E-state index is -0.691. The van der Waals surface area contributed by atoms with Crippen LogP contribution in [0.1, 0.15) is 51.0 Å². The Balaban J connectivity index is 2.22. The van der Waals surface area contributed by atoms with Gasteiger partial charge in [-0.25, -0.2) is 0 Å². The Morgan fingerprint density at radius 2 is 1.75 bits per heavy atom. The summed E-state index contributed by atoms with van der Waals surface area (Å²) >= 11 is 0. The number of benzene rings is 1. The SMILES string of the molecule is CCCCCCCOCCC(N)(CO)c1ccccc1. The maximum atomic E-state index is 9.56. The summed E-state index contributed by atoms with van der Waals surface area (Å²) in [6.07, 6.45) is 6.86. The molecule has 0 saturated heterocycles. The molecule has 0 radical (unpaired) electrons. The van der Waals surface area contributed by atoms with Gasteiger partial charge in [0.05, 0.1) is 12.1 Å². The van der Waals surface area contributed by atoms with Crippen LogP contribution in [-0.2, 0) is 10.3 Å². The molecule has 0 aromatic heterocycles. The molecule has 114 valence electrons. The third kappa shape index (κ3) is 6.04. The van der Waals surface area contributed by atoms with E-state index in [1.165, 1.54) is 25.7 Å². The average Bonchev–Trinajstić information content (AvgIpc) is 2.50. The fourth-order valence-electron chi connectivity index (χ4n) is 2.25. The Morgan fingerprint density at radius 3 is 2.40 bits per heavy atom. The summed E-state index contributed by atoms with van der Waals surface area (Å²) in [5, 5.41) is 9.56. The zero-order valence-corrected chi connectivity index (χ0v) is 12.7. The molecule has 0 spiro atoms. The van der Waals surface area contributed by atoms with Crippen LogP contribution < -0.4 is 5.73 Å². The molecule has 0 saturated carbocycles. The largest absolute Gasteiger partial charge is 0.394 e. The quantitative estimate of drug-likeness (QED) is 0.612. The van der Waals surface area contributed by atoms with Gasteiger partial charge in [-0.3, -0.25) is 0 Å². The van der Waals surface area contributed by atoms with Crippen molar-refractivity contribution < 1.29 is 9.84 Å². The van der Waals surface area contributed by atoms with Crippen molar-refractivity contribution in [2.75, 3.05) is 19.8 Å². The van der Waals surface area contributed by atoms with E-state index in [1.807, 2.05) is 30.3 Å². The van der Waals surface area contributed by atoms with Crippen LogP contribution >= 0.6 is 0 Å². The Hall–Kier alpha value is -0.900. The molecule has 3 nitrogen and oxygen atoms in total. The first-order chi connectivity index (χ1) is 9.73. The van der Waals surface area contributed by atoms with E-state index in [0.717, 1.165) is 18.6 Å². The molecule has 1 atom stereocenters. The van der Waals surface area contributed by atoms with Crippen LogP contribution in [0.25, 0.3) is 0 Å². The molecule has 0 fully saturated rings. The molecule has 1 rings (SSSR count). The van der Waals surface area contributed by atoms with Gasteiger partial charge in [0.1, 0.15) is 0 Å². The van der Waals surface area contributed by atoms with Crippen LogP contribution in [0.15, 0.2) is 30.3 Å². The Morgan fingerprint density at radius 1 is 1.05 bits per heavy atom. The molecule has 0 aliphatic heterocycles. The molecule has 1 aromatic carbocycles. The second kappa shape index (κ2) is 9.92. The number of ether oxygens (including phenoxy) is 1. The number of hydrogen-bond donors (Lipinski definition) is 2. The highest BCUT2D eigenvalue weighted by Crippen LogP contribution is 2.21. The van der Waals surface area contributed by atoms with Crippen molar-refractivity contribution >= 4 is 0 Å². The van der Waals surface area contributed by atoms with Gasteiger partial charge in [-0.05, 0) is 18.4 Å². The van der Waals surface area contributed by atoms with Crippen LogP contribution in [0.5, 0.6) is 0 Å². The normalized spacial score (nSPS) is 14.2. The maximum absolute atomic E-state index is 9.56. The van der Waals surface area contributed by atoms with E-state index in [9.17, 15) is 5.11 Å². The van der Waals surface area contributed by atoms with Gasteiger partial charge in [0, 0.05) is 13.2 Å². The zero-order chi connectivity index (χ0) is 14.7. The van der Waals surface area contributed by atoms with Gasteiger partial charge in [0.2, 0.25) is 0 Å². The third-order valence-electron chi connectivity index (χ3n) is 3.72. The fraction of sp³-hybridized carbons (Fsp3) is 0.647. The van der Waals surface area contributed by atoms with Crippen LogP contribution in [0, 0.1) is 0 Å². The minimum absolute atomic E-state index is 0.0587. The molecule has 20 heavy (non-hydrogen) atoms. The molecule has 3 heteroatoms. The van der Waals surface area contributed by atoms with Crippen molar-refractivity contribution in [2.45, 2.75) is 51.0 Å². The lowest BCUT2D eigenvalue weighted by Gasteiger charge is -2.27. The number of aliphatic hydroxyl groups excluding tert-OH is 1. The van der Waals surface area contributed by atoms with Crippen molar-refractivity contribution in [3.05, 3.63) is 35.9 Å². The van der Waals surface area contributed by atoms with E-state index >= 15 is 0 Å². The highest BCUT2D eigenvalue weighted by molar-refractivity contribution is 5.23. The topological polar surface area (TPSA) is 55.5 Å². The van der Waals surface area contributed by atoms with Crippen molar-refractivity contribution in [3.63, 3.8) is 0 Å². The summed E-state index contributed by atoms with van der Waals surface area (Å²) in [5.74, 6) is 0. The second-order valence-corrected chi connectivity index (χ2v) is 5.46. The van der Waals surface area contributed by atoms with Crippen LogP contribution in [0.4, 0.5) is 0 Å². The van der Waals surface area contributed by atoms with E-state index in [-0.39, 0.29) is 6.61 Å². The smallest absolute Gasteiger partial charge is 0.0666 e. The molecule has 1 aromatic rings. The fourth-order valence-corrected chi connectivity index (χ4v) is 2.25. The number of aliphatic hydroxyl groups is 1. The lowest BCUT2D eigenvalue weighted by Crippen LogP contribution is -2.41. The van der Waals surface area contributed by atoms with Gasteiger partial charge in [0.25, 0.3) is 0 Å². The summed E-state index contributed by atoms with van der Waals surface area (Å²) in [5.41, 5.74) is 6.54. The van der Waals surface area contributed by atoms with Crippen LogP contribution in [0.3, 0.4) is 0 Å². The Bertz CT molecular complexity index is 342. The molecule has 0 heterocycles. The van der Waals surface area contributed by atoms with Gasteiger partial charge in [-0.1, -0.05) is 62.9 Å². The number of unbranched alkanes of at least 4 members (excludes halogenated alkanes) is 4. The standard InChI is InChI=1S/C17H29NO2/c1-2-3-4-5-9-13-20-14-12-17(18,15-19)16-10-7-6-8-11-16/h6-8,10-11,19H,2-5,9,12-15,18H2,1H3. The van der Waals surface area contributed by atoms with Crippen LogP contribution in [-0.4, -0.2) is 24.9 Å². The summed E-state index contributed by atoms with van der Waals surface area (Å²) in [7, 11) is 0. The molecule has 0 amide bonds. The predicted octanol–water partition coefficient (Wildman–Crippen LogP) is 3.21. The van der Waals surface area contributed by atoms with Gasteiger partial charge < -0.3 is 15.6 Å². The van der Waals surface area contributed by atoms with Gasteiger partial charge in [-0.2, -0.15) is 0 Å². The summed E-state index contributed by atoms with van der Waals surface area (Å²) in [4.78, 5) is 0. The van der Waals surface area contributed by atoms with Crippen molar-refractivity contribution in [3.8, 4) is 0 Å². The zero-order valence-electron chi connectivity index (χ0n) is 12.7. The van der Waals surface area contributed by atoms with Crippen molar-refractivity contribution in [1.29, 1.82) is 0 Å². The van der Waals surface area contributed by atoms with Gasteiger partial charge >= 0.3 is 0 Å². The Kier molecular flexibility index (Phi) is 8.51. The maximum Gasteiger partial charge on any atom is 0.0666 e. The molecule has 3 N–H and O–H groups in total. The number of nitrogens with two attached hydrogens (primary N) is 1. The van der Waals surface area contributed by atoms with Crippen LogP contribution in [0.2, 0.25) is 0 Å². The lowest BCUT2D eigenvalue weighted by atomic mass is 9.89. The molecule has 1 unspecified atom stereocenters. The first kappa shape index (κ1) is 17.2. The molecular formula is C17H29NO2. The van der Waals surface area contributed by atoms with E-state index in [0.29, 0.717) is 13.0 Å². The van der Waals surface area contributed by atoms with Gasteiger partial charge in [0.15, 0.2) is 0 Å².